The highest BCUT2D eigenvalue weighted by atomic mass is 19.3. The van der Waals surface area contributed by atoms with Gasteiger partial charge in [0.25, 0.3) is 5.92 Å². The van der Waals surface area contributed by atoms with Crippen molar-refractivity contribution >= 4 is 11.8 Å². The fourth-order valence-corrected chi connectivity index (χ4v) is 3.47. The summed E-state index contributed by atoms with van der Waals surface area (Å²) in [5.74, 6) is -3.71. The Labute approximate surface area is 148 Å². The summed E-state index contributed by atoms with van der Waals surface area (Å²) in [7, 11) is 0. The highest BCUT2D eigenvalue weighted by Crippen LogP contribution is 2.59. The van der Waals surface area contributed by atoms with Gasteiger partial charge in [-0.05, 0) is 19.1 Å². The standard InChI is InChI=1S/C17H18F2N4O3/c1-2-26-15-10(5-22-8-13(16(24)25)20-9-22)3-4-14(21-15)23-6-11-12(7-23)17(11,18)19/h3-4,8-9,11-12H,2,5-7H2,1H3,(H,24,25). The van der Waals surface area contributed by atoms with Crippen molar-refractivity contribution in [3.8, 4) is 5.88 Å². The summed E-state index contributed by atoms with van der Waals surface area (Å²) in [6.45, 7) is 3.21. The second-order valence-corrected chi connectivity index (χ2v) is 6.60. The van der Waals surface area contributed by atoms with Gasteiger partial charge < -0.3 is 19.3 Å². The molecule has 3 heterocycles. The number of pyridine rings is 1. The maximum Gasteiger partial charge on any atom is 0.356 e. The van der Waals surface area contributed by atoms with Crippen molar-refractivity contribution in [2.45, 2.75) is 19.4 Å². The van der Waals surface area contributed by atoms with Crippen LogP contribution in [-0.4, -0.2) is 51.2 Å². The largest absolute Gasteiger partial charge is 0.478 e. The van der Waals surface area contributed by atoms with Crippen LogP contribution in [0.2, 0.25) is 0 Å². The van der Waals surface area contributed by atoms with Gasteiger partial charge in [0.05, 0.1) is 31.3 Å². The Balaban J connectivity index is 1.53. The number of rotatable bonds is 6. The first kappa shape index (κ1) is 16.7. The van der Waals surface area contributed by atoms with Gasteiger partial charge in [-0.15, -0.1) is 0 Å². The van der Waals surface area contributed by atoms with Crippen LogP contribution < -0.4 is 9.64 Å². The zero-order chi connectivity index (χ0) is 18.5. The van der Waals surface area contributed by atoms with Crippen LogP contribution in [0.4, 0.5) is 14.6 Å². The van der Waals surface area contributed by atoms with Crippen molar-refractivity contribution in [2.24, 2.45) is 11.8 Å². The molecule has 0 aromatic carbocycles. The van der Waals surface area contributed by atoms with E-state index in [1.54, 1.807) is 10.6 Å². The zero-order valence-corrected chi connectivity index (χ0v) is 14.1. The first-order chi connectivity index (χ1) is 12.4. The first-order valence-corrected chi connectivity index (χ1v) is 8.40. The van der Waals surface area contributed by atoms with Gasteiger partial charge in [-0.3, -0.25) is 0 Å². The van der Waals surface area contributed by atoms with Crippen LogP contribution in [0, 0.1) is 11.8 Å². The third-order valence-corrected chi connectivity index (χ3v) is 4.93. The number of aromatic carboxylic acids is 1. The molecule has 1 aliphatic heterocycles. The average Bonchev–Trinajstić information content (AvgIpc) is 3.05. The topological polar surface area (TPSA) is 80.5 Å². The van der Waals surface area contributed by atoms with Gasteiger partial charge in [0.2, 0.25) is 5.88 Å². The number of ether oxygens (including phenoxy) is 1. The number of halogens is 2. The van der Waals surface area contributed by atoms with E-state index in [0.717, 1.165) is 5.56 Å². The molecule has 1 saturated heterocycles. The molecule has 7 nitrogen and oxygen atoms in total. The van der Waals surface area contributed by atoms with E-state index in [1.165, 1.54) is 12.5 Å². The molecule has 0 spiro atoms. The van der Waals surface area contributed by atoms with Crippen molar-refractivity contribution in [3.05, 3.63) is 35.9 Å². The predicted molar refractivity (Wildman–Crippen MR) is 87.8 cm³/mol. The van der Waals surface area contributed by atoms with Crippen molar-refractivity contribution < 1.29 is 23.4 Å². The van der Waals surface area contributed by atoms with Crippen LogP contribution in [0.3, 0.4) is 0 Å². The van der Waals surface area contributed by atoms with E-state index in [1.807, 2.05) is 17.9 Å². The Morgan fingerprint density at radius 1 is 1.38 bits per heavy atom. The lowest BCUT2D eigenvalue weighted by Gasteiger charge is -2.22. The first-order valence-electron chi connectivity index (χ1n) is 8.40. The van der Waals surface area contributed by atoms with E-state index in [0.29, 0.717) is 37.9 Å². The number of hydrogen-bond donors (Lipinski definition) is 1. The number of nitrogens with zero attached hydrogens (tertiary/aromatic N) is 4. The summed E-state index contributed by atoms with van der Waals surface area (Å²) in [6, 6.07) is 3.62. The lowest BCUT2D eigenvalue weighted by molar-refractivity contribution is 0.0690. The summed E-state index contributed by atoms with van der Waals surface area (Å²) in [6.07, 6.45) is 2.87. The smallest absolute Gasteiger partial charge is 0.356 e. The molecule has 1 N–H and O–H groups in total. The molecule has 0 radical (unpaired) electrons. The number of carboxylic acid groups (broad SMARTS) is 1. The average molecular weight is 364 g/mol. The van der Waals surface area contributed by atoms with Crippen molar-refractivity contribution in [3.63, 3.8) is 0 Å². The normalized spacial score (nSPS) is 23.0. The molecule has 2 aliphatic rings. The molecule has 1 aliphatic carbocycles. The van der Waals surface area contributed by atoms with E-state index in [9.17, 15) is 13.6 Å². The molecule has 0 amide bonds. The number of anilines is 1. The maximum absolute atomic E-state index is 13.4. The summed E-state index contributed by atoms with van der Waals surface area (Å²) in [5, 5.41) is 8.95. The fourth-order valence-electron chi connectivity index (χ4n) is 3.47. The maximum atomic E-state index is 13.4. The molecule has 26 heavy (non-hydrogen) atoms. The summed E-state index contributed by atoms with van der Waals surface area (Å²) in [4.78, 5) is 21.1. The second-order valence-electron chi connectivity index (χ2n) is 6.60. The van der Waals surface area contributed by atoms with E-state index >= 15 is 0 Å². The molecule has 2 aromatic rings. The van der Waals surface area contributed by atoms with Gasteiger partial charge in [0, 0.05) is 24.8 Å². The Bertz CT molecular complexity index is 840. The number of carbonyl (C=O) groups is 1. The van der Waals surface area contributed by atoms with Crippen LogP contribution in [0.1, 0.15) is 23.0 Å². The summed E-state index contributed by atoms with van der Waals surface area (Å²) >= 11 is 0. The third kappa shape index (κ3) is 2.77. The van der Waals surface area contributed by atoms with Gasteiger partial charge in [-0.2, -0.15) is 4.98 Å². The molecule has 1 saturated carbocycles. The molecule has 138 valence electrons. The highest BCUT2D eigenvalue weighted by molar-refractivity contribution is 5.84. The highest BCUT2D eigenvalue weighted by Gasteiger charge is 2.71. The summed E-state index contributed by atoms with van der Waals surface area (Å²) < 4.78 is 34.0. The molecule has 2 aromatic heterocycles. The Morgan fingerprint density at radius 2 is 2.12 bits per heavy atom. The van der Waals surface area contributed by atoms with E-state index in [-0.39, 0.29) is 5.69 Å². The van der Waals surface area contributed by atoms with Crippen LogP contribution in [0.5, 0.6) is 5.88 Å². The van der Waals surface area contributed by atoms with Gasteiger partial charge in [-0.1, -0.05) is 0 Å². The second kappa shape index (κ2) is 5.93. The molecule has 2 unspecified atom stereocenters. The van der Waals surface area contributed by atoms with Gasteiger partial charge in [0.1, 0.15) is 5.82 Å². The lowest BCUT2D eigenvalue weighted by atomic mass is 10.2. The number of hydrogen-bond acceptors (Lipinski definition) is 5. The Morgan fingerprint density at radius 3 is 2.73 bits per heavy atom. The fraction of sp³-hybridized carbons (Fsp3) is 0.471. The van der Waals surface area contributed by atoms with Crippen molar-refractivity contribution in [1.82, 2.24) is 14.5 Å². The third-order valence-electron chi connectivity index (χ3n) is 4.93. The van der Waals surface area contributed by atoms with Crippen molar-refractivity contribution in [1.29, 1.82) is 0 Å². The molecule has 0 bridgehead atoms. The minimum atomic E-state index is -2.53. The van der Waals surface area contributed by atoms with E-state index in [2.05, 4.69) is 9.97 Å². The van der Waals surface area contributed by atoms with Crippen LogP contribution in [0.15, 0.2) is 24.7 Å². The summed E-state index contributed by atoms with van der Waals surface area (Å²) in [5.41, 5.74) is 0.726. The Hall–Kier alpha value is -2.71. The minimum Gasteiger partial charge on any atom is -0.478 e. The van der Waals surface area contributed by atoms with E-state index in [4.69, 9.17) is 9.84 Å². The molecule has 2 atom stereocenters. The quantitative estimate of drug-likeness (QED) is 0.846. The minimum absolute atomic E-state index is 0.0373. The van der Waals surface area contributed by atoms with Gasteiger partial charge in [-0.25, -0.2) is 18.6 Å². The molecular formula is C17H18F2N4O3. The van der Waals surface area contributed by atoms with Crippen LogP contribution >= 0.6 is 0 Å². The Kier molecular flexibility index (Phi) is 3.82. The lowest BCUT2D eigenvalue weighted by Crippen LogP contribution is -2.28. The van der Waals surface area contributed by atoms with Gasteiger partial charge in [0.15, 0.2) is 5.69 Å². The molecular weight excluding hydrogens is 346 g/mol. The number of fused-ring (bicyclic) bond motifs is 1. The van der Waals surface area contributed by atoms with Gasteiger partial charge >= 0.3 is 5.97 Å². The SMILES string of the molecule is CCOc1nc(N2CC3C(C2)C3(F)F)ccc1Cn1cnc(C(=O)O)c1. The van der Waals surface area contributed by atoms with E-state index < -0.39 is 23.7 Å². The predicted octanol–water partition coefficient (Wildman–Crippen LogP) is 2.12. The zero-order valence-electron chi connectivity index (χ0n) is 14.1. The van der Waals surface area contributed by atoms with Crippen LogP contribution in [0.25, 0.3) is 0 Å². The number of imidazole rings is 1. The van der Waals surface area contributed by atoms with Crippen LogP contribution in [-0.2, 0) is 6.54 Å². The number of piperidine rings is 1. The molecule has 4 rings (SSSR count). The number of alkyl halides is 2. The number of carboxylic acids is 1. The van der Waals surface area contributed by atoms with Crippen molar-refractivity contribution in [2.75, 3.05) is 24.6 Å². The number of aromatic nitrogens is 3. The molecule has 9 heteroatoms. The molecule has 2 fully saturated rings. The monoisotopic (exact) mass is 364 g/mol.